The molecule has 0 aliphatic heterocycles. The van der Waals surface area contributed by atoms with E-state index in [9.17, 15) is 4.79 Å². The molecule has 152 valence electrons. The van der Waals surface area contributed by atoms with E-state index in [0.717, 1.165) is 50.4 Å². The van der Waals surface area contributed by atoms with Gasteiger partial charge in [0, 0.05) is 11.8 Å². The van der Waals surface area contributed by atoms with Crippen LogP contribution in [0.15, 0.2) is 0 Å². The maximum atomic E-state index is 12.5. The summed E-state index contributed by atoms with van der Waals surface area (Å²) in [6.07, 6.45) is 16.8. The predicted molar refractivity (Wildman–Crippen MR) is 111 cm³/mol. The minimum absolute atomic E-state index is 0.0933. The number of hydrogen-bond acceptors (Lipinski definition) is 2. The maximum absolute atomic E-state index is 12.5. The molecule has 3 rings (SSSR count). The van der Waals surface area contributed by atoms with Gasteiger partial charge in [-0.15, -0.1) is 0 Å². The van der Waals surface area contributed by atoms with Crippen molar-refractivity contribution in [1.82, 2.24) is 0 Å². The fraction of sp³-hybridized carbons (Fsp3) is 0.880. The third kappa shape index (κ3) is 6.55. The maximum Gasteiger partial charge on any atom is 0.309 e. The highest BCUT2D eigenvalue weighted by Gasteiger charge is 2.30. The predicted octanol–water partition coefficient (Wildman–Crippen LogP) is 6.52. The quantitative estimate of drug-likeness (QED) is 0.414. The van der Waals surface area contributed by atoms with Gasteiger partial charge in [0.2, 0.25) is 0 Å². The van der Waals surface area contributed by atoms with E-state index in [1.165, 1.54) is 51.4 Å². The molecule has 0 saturated heterocycles. The minimum Gasteiger partial charge on any atom is -0.462 e. The SMILES string of the molecule is CCCC1CCC(C(=O)OC2CCC(C#CC3CCC(C)CC3)CC2)CC1. The molecule has 0 N–H and O–H groups in total. The first-order valence-corrected chi connectivity index (χ1v) is 11.9. The number of ether oxygens (including phenoxy) is 1. The van der Waals surface area contributed by atoms with Gasteiger partial charge in [-0.1, -0.05) is 38.5 Å². The Labute approximate surface area is 167 Å². The average Bonchev–Trinajstić information content (AvgIpc) is 2.69. The molecule has 0 aromatic rings. The van der Waals surface area contributed by atoms with Crippen molar-refractivity contribution in [3.05, 3.63) is 0 Å². The molecular weight excluding hydrogens is 332 g/mol. The second-order valence-corrected chi connectivity index (χ2v) is 9.66. The molecule has 0 aromatic carbocycles. The van der Waals surface area contributed by atoms with Crippen LogP contribution in [0.25, 0.3) is 0 Å². The molecule has 2 nitrogen and oxygen atoms in total. The molecule has 27 heavy (non-hydrogen) atoms. The molecule has 3 aliphatic carbocycles. The van der Waals surface area contributed by atoms with Gasteiger partial charge in [0.1, 0.15) is 6.10 Å². The smallest absolute Gasteiger partial charge is 0.309 e. The van der Waals surface area contributed by atoms with Crippen molar-refractivity contribution < 1.29 is 9.53 Å². The van der Waals surface area contributed by atoms with Crippen molar-refractivity contribution >= 4 is 5.97 Å². The number of esters is 1. The van der Waals surface area contributed by atoms with E-state index < -0.39 is 0 Å². The molecule has 2 heteroatoms. The van der Waals surface area contributed by atoms with Gasteiger partial charge in [-0.25, -0.2) is 0 Å². The van der Waals surface area contributed by atoms with Crippen LogP contribution in [0, 0.1) is 41.4 Å². The van der Waals surface area contributed by atoms with E-state index in [1.54, 1.807) is 0 Å². The number of rotatable bonds is 4. The van der Waals surface area contributed by atoms with Gasteiger partial charge in [-0.05, 0) is 88.9 Å². The highest BCUT2D eigenvalue weighted by Crippen LogP contribution is 2.34. The van der Waals surface area contributed by atoms with Crippen molar-refractivity contribution in [1.29, 1.82) is 0 Å². The average molecular weight is 373 g/mol. The van der Waals surface area contributed by atoms with E-state index in [2.05, 4.69) is 25.7 Å². The Morgan fingerprint density at radius 1 is 0.815 bits per heavy atom. The third-order valence-electron chi connectivity index (χ3n) is 7.34. The van der Waals surface area contributed by atoms with Crippen LogP contribution in [0.2, 0.25) is 0 Å². The molecule has 3 saturated carbocycles. The summed E-state index contributed by atoms with van der Waals surface area (Å²) >= 11 is 0. The monoisotopic (exact) mass is 372 g/mol. The Balaban J connectivity index is 1.34. The lowest BCUT2D eigenvalue weighted by molar-refractivity contribution is -0.157. The van der Waals surface area contributed by atoms with Gasteiger partial charge < -0.3 is 4.74 Å². The molecular formula is C25H40O2. The first-order chi connectivity index (χ1) is 13.1. The lowest BCUT2D eigenvalue weighted by Gasteiger charge is -2.30. The molecule has 3 fully saturated rings. The summed E-state index contributed by atoms with van der Waals surface area (Å²) in [7, 11) is 0. The molecule has 0 spiro atoms. The molecule has 0 amide bonds. The van der Waals surface area contributed by atoms with Gasteiger partial charge in [-0.3, -0.25) is 4.79 Å². The Bertz CT molecular complexity index is 504. The fourth-order valence-corrected chi connectivity index (χ4v) is 5.32. The zero-order chi connectivity index (χ0) is 19.1. The Morgan fingerprint density at radius 3 is 1.93 bits per heavy atom. The van der Waals surface area contributed by atoms with Crippen molar-refractivity contribution in [2.75, 3.05) is 0 Å². The summed E-state index contributed by atoms with van der Waals surface area (Å²) in [5.41, 5.74) is 0. The molecule has 0 unspecified atom stereocenters. The largest absolute Gasteiger partial charge is 0.462 e. The van der Waals surface area contributed by atoms with E-state index in [4.69, 9.17) is 4.74 Å². The summed E-state index contributed by atoms with van der Waals surface area (Å²) in [6.45, 7) is 4.62. The summed E-state index contributed by atoms with van der Waals surface area (Å²) in [5, 5.41) is 0. The van der Waals surface area contributed by atoms with Crippen LogP contribution >= 0.6 is 0 Å². The first-order valence-electron chi connectivity index (χ1n) is 11.9. The topological polar surface area (TPSA) is 26.3 Å². The van der Waals surface area contributed by atoms with Gasteiger partial charge >= 0.3 is 5.97 Å². The second-order valence-electron chi connectivity index (χ2n) is 9.66. The van der Waals surface area contributed by atoms with Crippen LogP contribution in [0.5, 0.6) is 0 Å². The zero-order valence-corrected chi connectivity index (χ0v) is 17.7. The first kappa shape index (κ1) is 20.8. The molecule has 0 atom stereocenters. The second kappa shape index (κ2) is 10.5. The Morgan fingerprint density at radius 2 is 1.37 bits per heavy atom. The lowest BCUT2D eigenvalue weighted by atomic mass is 9.80. The van der Waals surface area contributed by atoms with Crippen LogP contribution in [-0.2, 0) is 9.53 Å². The summed E-state index contributed by atoms with van der Waals surface area (Å²) < 4.78 is 5.89. The number of carbonyl (C=O) groups is 1. The Hall–Kier alpha value is -0.970. The summed E-state index contributed by atoms with van der Waals surface area (Å²) in [6, 6.07) is 0. The molecule has 0 radical (unpaired) electrons. The van der Waals surface area contributed by atoms with E-state index in [-0.39, 0.29) is 18.0 Å². The standard InChI is InChI=1S/C25H40O2/c1-3-4-20-11-15-23(16-12-20)25(26)27-24-17-13-22(14-18-24)10-9-21-7-5-19(2)6-8-21/h19-24H,3-8,11-18H2,1-2H3. The summed E-state index contributed by atoms with van der Waals surface area (Å²) in [4.78, 5) is 12.5. The number of carbonyl (C=O) groups excluding carboxylic acids is 1. The molecule has 3 aliphatic rings. The van der Waals surface area contributed by atoms with Crippen molar-refractivity contribution in [2.45, 2.75) is 110 Å². The summed E-state index contributed by atoms with van der Waals surface area (Å²) in [5.74, 6) is 10.3. The van der Waals surface area contributed by atoms with Crippen LogP contribution < -0.4 is 0 Å². The molecule has 0 aromatic heterocycles. The number of hydrogen-bond donors (Lipinski definition) is 0. The molecule has 0 bridgehead atoms. The van der Waals surface area contributed by atoms with Crippen LogP contribution in [0.3, 0.4) is 0 Å². The van der Waals surface area contributed by atoms with E-state index in [1.807, 2.05) is 0 Å². The third-order valence-corrected chi connectivity index (χ3v) is 7.34. The highest BCUT2D eigenvalue weighted by atomic mass is 16.5. The van der Waals surface area contributed by atoms with Gasteiger partial charge in [0.25, 0.3) is 0 Å². The van der Waals surface area contributed by atoms with Crippen molar-refractivity contribution in [2.24, 2.45) is 29.6 Å². The molecule has 0 heterocycles. The van der Waals surface area contributed by atoms with Gasteiger partial charge in [0.15, 0.2) is 0 Å². The van der Waals surface area contributed by atoms with Crippen LogP contribution in [0.4, 0.5) is 0 Å². The van der Waals surface area contributed by atoms with Crippen molar-refractivity contribution in [3.63, 3.8) is 0 Å². The van der Waals surface area contributed by atoms with Crippen LogP contribution in [0.1, 0.15) is 104 Å². The van der Waals surface area contributed by atoms with E-state index >= 15 is 0 Å². The van der Waals surface area contributed by atoms with Gasteiger partial charge in [-0.2, -0.15) is 0 Å². The van der Waals surface area contributed by atoms with Crippen LogP contribution in [-0.4, -0.2) is 12.1 Å². The minimum atomic E-state index is 0.0933. The normalized spacial score (nSPS) is 37.1. The fourth-order valence-electron chi connectivity index (χ4n) is 5.32. The Kier molecular flexibility index (Phi) is 8.10. The lowest BCUT2D eigenvalue weighted by Crippen LogP contribution is -2.30. The van der Waals surface area contributed by atoms with Crippen molar-refractivity contribution in [3.8, 4) is 11.8 Å². The zero-order valence-electron chi connectivity index (χ0n) is 17.7. The van der Waals surface area contributed by atoms with Gasteiger partial charge in [0.05, 0.1) is 5.92 Å². The van der Waals surface area contributed by atoms with E-state index in [0.29, 0.717) is 11.8 Å². The highest BCUT2D eigenvalue weighted by molar-refractivity contribution is 5.72.